The molecule has 102 valence electrons. The number of aromatic carboxylic acids is 1. The Morgan fingerprint density at radius 2 is 2.05 bits per heavy atom. The number of hydrogen-bond acceptors (Lipinski definition) is 4. The van der Waals surface area contributed by atoms with Crippen molar-refractivity contribution in [3.8, 4) is 0 Å². The summed E-state index contributed by atoms with van der Waals surface area (Å²) in [4.78, 5) is 24.5. The van der Waals surface area contributed by atoms with Crippen molar-refractivity contribution in [3.63, 3.8) is 0 Å². The van der Waals surface area contributed by atoms with Gasteiger partial charge in [0.1, 0.15) is 4.88 Å². The van der Waals surface area contributed by atoms with Gasteiger partial charge in [-0.2, -0.15) is 0 Å². The summed E-state index contributed by atoms with van der Waals surface area (Å²) < 4.78 is 0. The normalized spacial score (nSPS) is 16.7. The van der Waals surface area contributed by atoms with Crippen LogP contribution in [0.25, 0.3) is 0 Å². The zero-order chi connectivity index (χ0) is 14.1. The van der Waals surface area contributed by atoms with E-state index in [0.717, 1.165) is 16.2 Å². The molecule has 3 rings (SSSR count). The molecule has 1 unspecified atom stereocenters. The minimum absolute atomic E-state index is 0.146. The van der Waals surface area contributed by atoms with Gasteiger partial charge in [0.2, 0.25) is 5.91 Å². The largest absolute Gasteiger partial charge is 0.477 e. The molecular weight excluding hydrogens is 294 g/mol. The van der Waals surface area contributed by atoms with Crippen LogP contribution in [0, 0.1) is 0 Å². The smallest absolute Gasteiger partial charge is 0.348 e. The zero-order valence-corrected chi connectivity index (χ0v) is 12.0. The van der Waals surface area contributed by atoms with Gasteiger partial charge in [0.25, 0.3) is 0 Å². The SMILES string of the molecule is O=C(O)c1sccc1NC(=O)C1Cc2ccccc2S1. The summed E-state index contributed by atoms with van der Waals surface area (Å²) in [6.45, 7) is 0. The van der Waals surface area contributed by atoms with Crippen molar-refractivity contribution >= 4 is 40.7 Å². The lowest BCUT2D eigenvalue weighted by Gasteiger charge is -2.09. The molecule has 6 heteroatoms. The molecule has 1 aromatic carbocycles. The number of hydrogen-bond donors (Lipinski definition) is 2. The summed E-state index contributed by atoms with van der Waals surface area (Å²) >= 11 is 2.63. The average Bonchev–Trinajstić information content (AvgIpc) is 3.03. The van der Waals surface area contributed by atoms with E-state index in [2.05, 4.69) is 5.32 Å². The number of anilines is 1. The van der Waals surface area contributed by atoms with E-state index < -0.39 is 5.97 Å². The van der Waals surface area contributed by atoms with Gasteiger partial charge in [0.05, 0.1) is 10.9 Å². The van der Waals surface area contributed by atoms with Crippen LogP contribution in [-0.2, 0) is 11.2 Å². The highest BCUT2D eigenvalue weighted by molar-refractivity contribution is 8.01. The molecule has 1 aromatic heterocycles. The summed E-state index contributed by atoms with van der Waals surface area (Å²) in [5.74, 6) is -1.16. The molecule has 1 aliphatic rings. The molecule has 0 saturated heterocycles. The number of carbonyl (C=O) groups excluding carboxylic acids is 1. The lowest BCUT2D eigenvalue weighted by molar-refractivity contribution is -0.115. The molecule has 0 saturated carbocycles. The molecular formula is C14H11NO3S2. The van der Waals surface area contributed by atoms with Crippen molar-refractivity contribution in [2.24, 2.45) is 0 Å². The van der Waals surface area contributed by atoms with E-state index in [0.29, 0.717) is 12.1 Å². The van der Waals surface area contributed by atoms with E-state index in [-0.39, 0.29) is 16.0 Å². The Hall–Kier alpha value is -1.79. The van der Waals surface area contributed by atoms with Gasteiger partial charge in [-0.1, -0.05) is 18.2 Å². The maximum Gasteiger partial charge on any atom is 0.348 e. The molecule has 0 aliphatic carbocycles. The van der Waals surface area contributed by atoms with Crippen LogP contribution in [0.15, 0.2) is 40.6 Å². The summed E-state index contributed by atoms with van der Waals surface area (Å²) in [7, 11) is 0. The fraction of sp³-hybridized carbons (Fsp3) is 0.143. The first-order chi connectivity index (χ1) is 9.65. The van der Waals surface area contributed by atoms with Crippen LogP contribution in [0.2, 0.25) is 0 Å². The Morgan fingerprint density at radius 3 is 2.80 bits per heavy atom. The summed E-state index contributed by atoms with van der Waals surface area (Å²) in [6, 6.07) is 9.55. The van der Waals surface area contributed by atoms with Crippen LogP contribution in [0.1, 0.15) is 15.2 Å². The first-order valence-electron chi connectivity index (χ1n) is 6.01. The number of nitrogens with one attached hydrogen (secondary N) is 1. The first kappa shape index (κ1) is 13.2. The van der Waals surface area contributed by atoms with Gasteiger partial charge in [-0.3, -0.25) is 4.79 Å². The minimum Gasteiger partial charge on any atom is -0.477 e. The Bertz CT molecular complexity index is 656. The Labute approximate surface area is 123 Å². The maximum absolute atomic E-state index is 12.2. The standard InChI is InChI=1S/C14H11NO3S2/c16-13(15-9-5-6-19-12(9)14(17)18)11-7-8-3-1-2-4-10(8)20-11/h1-6,11H,7H2,(H,15,16)(H,17,18). The number of fused-ring (bicyclic) bond motifs is 1. The summed E-state index contributed by atoms with van der Waals surface area (Å²) in [6.07, 6.45) is 0.680. The second-order valence-electron chi connectivity index (χ2n) is 4.38. The lowest BCUT2D eigenvalue weighted by atomic mass is 10.1. The molecule has 1 amide bonds. The molecule has 20 heavy (non-hydrogen) atoms. The van der Waals surface area contributed by atoms with E-state index in [4.69, 9.17) is 5.11 Å². The quantitative estimate of drug-likeness (QED) is 0.914. The topological polar surface area (TPSA) is 66.4 Å². The average molecular weight is 305 g/mol. The van der Waals surface area contributed by atoms with Crippen LogP contribution < -0.4 is 5.32 Å². The molecule has 2 heterocycles. The summed E-state index contributed by atoms with van der Waals surface area (Å²) in [5, 5.41) is 13.2. The van der Waals surface area contributed by atoms with E-state index in [1.807, 2.05) is 24.3 Å². The van der Waals surface area contributed by atoms with Gasteiger partial charge in [-0.15, -0.1) is 23.1 Å². The third kappa shape index (κ3) is 2.44. The van der Waals surface area contributed by atoms with E-state index in [1.54, 1.807) is 11.4 Å². The van der Waals surface area contributed by atoms with Crippen LogP contribution in [0.5, 0.6) is 0 Å². The second-order valence-corrected chi connectivity index (χ2v) is 6.54. The van der Waals surface area contributed by atoms with E-state index >= 15 is 0 Å². The third-order valence-electron chi connectivity index (χ3n) is 3.06. The van der Waals surface area contributed by atoms with Crippen LogP contribution >= 0.6 is 23.1 Å². The highest BCUT2D eigenvalue weighted by Gasteiger charge is 2.28. The number of thiophene rings is 1. The van der Waals surface area contributed by atoms with Gasteiger partial charge >= 0.3 is 5.97 Å². The van der Waals surface area contributed by atoms with Crippen LogP contribution in [0.3, 0.4) is 0 Å². The van der Waals surface area contributed by atoms with E-state index in [9.17, 15) is 9.59 Å². The molecule has 0 fully saturated rings. The van der Waals surface area contributed by atoms with Crippen molar-refractivity contribution in [3.05, 3.63) is 46.2 Å². The van der Waals surface area contributed by atoms with Crippen molar-refractivity contribution in [1.29, 1.82) is 0 Å². The molecule has 0 radical (unpaired) electrons. The Balaban J connectivity index is 1.73. The van der Waals surface area contributed by atoms with Gasteiger partial charge < -0.3 is 10.4 Å². The van der Waals surface area contributed by atoms with Gasteiger partial charge in [-0.05, 0) is 29.5 Å². The second kappa shape index (κ2) is 5.30. The predicted molar refractivity (Wildman–Crippen MR) is 79.7 cm³/mol. The van der Waals surface area contributed by atoms with Gasteiger partial charge in [0, 0.05) is 4.90 Å². The number of thioether (sulfide) groups is 1. The maximum atomic E-state index is 12.2. The van der Waals surface area contributed by atoms with Crippen LogP contribution in [-0.4, -0.2) is 22.2 Å². The number of carboxylic acid groups (broad SMARTS) is 1. The lowest BCUT2D eigenvalue weighted by Crippen LogP contribution is -2.25. The first-order valence-corrected chi connectivity index (χ1v) is 7.77. The molecule has 1 atom stereocenters. The predicted octanol–water partition coefficient (Wildman–Crippen LogP) is 3.10. The van der Waals surface area contributed by atoms with Crippen molar-refractivity contribution in [1.82, 2.24) is 0 Å². The fourth-order valence-electron chi connectivity index (χ4n) is 2.11. The molecule has 0 bridgehead atoms. The summed E-state index contributed by atoms with van der Waals surface area (Å²) in [5.41, 5.74) is 1.55. The third-order valence-corrected chi connectivity index (χ3v) is 5.28. The Kier molecular flexibility index (Phi) is 3.50. The fourth-order valence-corrected chi connectivity index (χ4v) is 4.00. The number of carboxylic acids is 1. The zero-order valence-electron chi connectivity index (χ0n) is 10.3. The highest BCUT2D eigenvalue weighted by Crippen LogP contribution is 2.37. The molecule has 1 aliphatic heterocycles. The van der Waals surface area contributed by atoms with Gasteiger partial charge in [-0.25, -0.2) is 4.79 Å². The highest BCUT2D eigenvalue weighted by atomic mass is 32.2. The molecule has 2 N–H and O–H groups in total. The van der Waals surface area contributed by atoms with Crippen molar-refractivity contribution in [2.45, 2.75) is 16.6 Å². The number of amides is 1. The Morgan fingerprint density at radius 1 is 1.25 bits per heavy atom. The van der Waals surface area contributed by atoms with E-state index in [1.165, 1.54) is 17.3 Å². The molecule has 2 aromatic rings. The number of rotatable bonds is 3. The monoisotopic (exact) mass is 305 g/mol. The van der Waals surface area contributed by atoms with Crippen molar-refractivity contribution < 1.29 is 14.7 Å². The number of benzene rings is 1. The van der Waals surface area contributed by atoms with Crippen molar-refractivity contribution in [2.75, 3.05) is 5.32 Å². The van der Waals surface area contributed by atoms with Gasteiger partial charge in [0.15, 0.2) is 0 Å². The molecule has 4 nitrogen and oxygen atoms in total. The minimum atomic E-state index is -1.02. The van der Waals surface area contributed by atoms with Crippen LogP contribution in [0.4, 0.5) is 5.69 Å². The number of carbonyl (C=O) groups is 2. The molecule has 0 spiro atoms.